The Morgan fingerprint density at radius 3 is 2.53 bits per heavy atom. The summed E-state index contributed by atoms with van der Waals surface area (Å²) in [5.74, 6) is 0.746. The zero-order valence-corrected chi connectivity index (χ0v) is 13.5. The van der Waals surface area contributed by atoms with Crippen molar-refractivity contribution in [2.45, 2.75) is 27.2 Å². The number of thiocarbonyl (C=S) groups is 1. The molecule has 0 spiro atoms. The highest BCUT2D eigenvalue weighted by atomic mass is 32.1. The fourth-order valence-corrected chi connectivity index (χ4v) is 2.56. The number of nitrogens with zero attached hydrogens (tertiary/aromatic N) is 2. The number of hydrogen-bond donors (Lipinski definition) is 1. The smallest absolute Gasteiger partial charge is 0.169 e. The maximum absolute atomic E-state index is 5.43. The van der Waals surface area contributed by atoms with Gasteiger partial charge < -0.3 is 15.0 Å². The van der Waals surface area contributed by atoms with Gasteiger partial charge in [0.05, 0.1) is 0 Å². The van der Waals surface area contributed by atoms with E-state index in [9.17, 15) is 0 Å². The molecule has 0 amide bonds. The second-order valence-corrected chi connectivity index (χ2v) is 5.85. The molecule has 0 aromatic carbocycles. The standard InChI is InChI=1S/C14H29N3OS/c1-4-18-11-5-6-15-14(19)17-9-7-16(8-10-17)12-13(2)3/h13H,4-12H2,1-3H3,(H,15,19). The van der Waals surface area contributed by atoms with Crippen molar-refractivity contribution in [2.75, 3.05) is 52.5 Å². The molecular weight excluding hydrogens is 258 g/mol. The molecule has 1 N–H and O–H groups in total. The second kappa shape index (κ2) is 9.50. The van der Waals surface area contributed by atoms with Gasteiger partial charge in [0.1, 0.15) is 0 Å². The summed E-state index contributed by atoms with van der Waals surface area (Å²) in [6.45, 7) is 14.6. The van der Waals surface area contributed by atoms with Gasteiger partial charge in [-0.15, -0.1) is 0 Å². The summed E-state index contributed by atoms with van der Waals surface area (Å²) in [4.78, 5) is 4.81. The van der Waals surface area contributed by atoms with Crippen molar-refractivity contribution in [3.63, 3.8) is 0 Å². The molecule has 0 saturated carbocycles. The maximum atomic E-state index is 5.43. The lowest BCUT2D eigenvalue weighted by Gasteiger charge is -2.36. The lowest BCUT2D eigenvalue weighted by atomic mass is 10.2. The minimum Gasteiger partial charge on any atom is -0.382 e. The van der Waals surface area contributed by atoms with Crippen LogP contribution < -0.4 is 5.32 Å². The molecule has 1 aliphatic rings. The molecule has 1 saturated heterocycles. The van der Waals surface area contributed by atoms with E-state index in [0.29, 0.717) is 0 Å². The molecule has 5 heteroatoms. The van der Waals surface area contributed by atoms with Gasteiger partial charge in [-0.25, -0.2) is 0 Å². The van der Waals surface area contributed by atoms with E-state index in [1.54, 1.807) is 0 Å². The lowest BCUT2D eigenvalue weighted by molar-refractivity contribution is 0.145. The Bertz CT molecular complexity index is 253. The van der Waals surface area contributed by atoms with E-state index < -0.39 is 0 Å². The van der Waals surface area contributed by atoms with Gasteiger partial charge in [0.2, 0.25) is 0 Å². The van der Waals surface area contributed by atoms with Crippen LogP contribution in [0.2, 0.25) is 0 Å². The van der Waals surface area contributed by atoms with Gasteiger partial charge in [-0.05, 0) is 31.5 Å². The van der Waals surface area contributed by atoms with Crippen molar-refractivity contribution in [3.8, 4) is 0 Å². The third-order valence-electron chi connectivity index (χ3n) is 3.23. The van der Waals surface area contributed by atoms with E-state index in [1.165, 1.54) is 6.54 Å². The number of nitrogens with one attached hydrogen (secondary N) is 1. The molecule has 19 heavy (non-hydrogen) atoms. The predicted molar refractivity (Wildman–Crippen MR) is 84.6 cm³/mol. The minimum absolute atomic E-state index is 0.746. The van der Waals surface area contributed by atoms with Crippen molar-refractivity contribution in [1.29, 1.82) is 0 Å². The van der Waals surface area contributed by atoms with Crippen molar-refractivity contribution < 1.29 is 4.74 Å². The molecule has 0 radical (unpaired) electrons. The molecular formula is C14H29N3OS. The minimum atomic E-state index is 0.746. The first-order valence-corrected chi connectivity index (χ1v) is 7.87. The Kier molecular flexibility index (Phi) is 8.34. The first-order valence-electron chi connectivity index (χ1n) is 7.46. The van der Waals surface area contributed by atoms with Gasteiger partial charge in [-0.1, -0.05) is 13.8 Å². The van der Waals surface area contributed by atoms with Crippen LogP contribution in [0.1, 0.15) is 27.2 Å². The molecule has 4 nitrogen and oxygen atoms in total. The highest BCUT2D eigenvalue weighted by Crippen LogP contribution is 2.05. The number of ether oxygens (including phenoxy) is 1. The van der Waals surface area contributed by atoms with Crippen molar-refractivity contribution >= 4 is 17.3 Å². The third-order valence-corrected chi connectivity index (χ3v) is 3.63. The van der Waals surface area contributed by atoms with Crippen LogP contribution in [0.5, 0.6) is 0 Å². The van der Waals surface area contributed by atoms with Crippen LogP contribution >= 0.6 is 12.2 Å². The third kappa shape index (κ3) is 7.09. The Labute approximate surface area is 123 Å². The topological polar surface area (TPSA) is 27.7 Å². The van der Waals surface area contributed by atoms with Crippen molar-refractivity contribution in [2.24, 2.45) is 5.92 Å². The summed E-state index contributed by atoms with van der Waals surface area (Å²) < 4.78 is 5.31. The van der Waals surface area contributed by atoms with Gasteiger partial charge in [0.25, 0.3) is 0 Å². The van der Waals surface area contributed by atoms with E-state index >= 15 is 0 Å². The average molecular weight is 287 g/mol. The van der Waals surface area contributed by atoms with Crippen molar-refractivity contribution in [3.05, 3.63) is 0 Å². The zero-order chi connectivity index (χ0) is 14.1. The number of piperazine rings is 1. The van der Waals surface area contributed by atoms with Crippen LogP contribution in [-0.4, -0.2) is 67.4 Å². The van der Waals surface area contributed by atoms with E-state index in [2.05, 4.69) is 29.0 Å². The highest BCUT2D eigenvalue weighted by molar-refractivity contribution is 7.80. The molecule has 112 valence electrons. The predicted octanol–water partition coefficient (Wildman–Crippen LogP) is 1.56. The molecule has 1 rings (SSSR count). The van der Waals surface area contributed by atoms with Crippen LogP contribution in [0, 0.1) is 5.92 Å². The zero-order valence-electron chi connectivity index (χ0n) is 12.7. The lowest BCUT2D eigenvalue weighted by Crippen LogP contribution is -2.52. The summed E-state index contributed by atoms with van der Waals surface area (Å²) in [5, 5.41) is 4.23. The summed E-state index contributed by atoms with van der Waals surface area (Å²) in [6, 6.07) is 0. The van der Waals surface area contributed by atoms with E-state index in [-0.39, 0.29) is 0 Å². The Morgan fingerprint density at radius 2 is 1.95 bits per heavy atom. The first-order chi connectivity index (χ1) is 9.13. The van der Waals surface area contributed by atoms with E-state index in [1.807, 2.05) is 6.92 Å². The Morgan fingerprint density at radius 1 is 1.26 bits per heavy atom. The Balaban J connectivity index is 2.11. The van der Waals surface area contributed by atoms with Crippen LogP contribution in [0.15, 0.2) is 0 Å². The summed E-state index contributed by atoms with van der Waals surface area (Å²) in [5.41, 5.74) is 0. The van der Waals surface area contributed by atoms with Gasteiger partial charge in [0, 0.05) is 52.5 Å². The number of hydrogen-bond acceptors (Lipinski definition) is 3. The molecule has 0 aliphatic carbocycles. The summed E-state index contributed by atoms with van der Waals surface area (Å²) in [6.07, 6.45) is 1.02. The Hall–Kier alpha value is -0.390. The first kappa shape index (κ1) is 16.7. The molecule has 1 fully saturated rings. The van der Waals surface area contributed by atoms with Crippen molar-refractivity contribution in [1.82, 2.24) is 15.1 Å². The second-order valence-electron chi connectivity index (χ2n) is 5.46. The van der Waals surface area contributed by atoms with E-state index in [4.69, 9.17) is 17.0 Å². The molecule has 0 aromatic rings. The van der Waals surface area contributed by atoms with E-state index in [0.717, 1.165) is 63.4 Å². The van der Waals surface area contributed by atoms with Gasteiger partial charge in [0.15, 0.2) is 5.11 Å². The summed E-state index contributed by atoms with van der Waals surface area (Å²) >= 11 is 5.43. The fraction of sp³-hybridized carbons (Fsp3) is 0.929. The van der Waals surface area contributed by atoms with Gasteiger partial charge in [-0.3, -0.25) is 4.90 Å². The van der Waals surface area contributed by atoms with Crippen LogP contribution in [0.25, 0.3) is 0 Å². The van der Waals surface area contributed by atoms with Gasteiger partial charge >= 0.3 is 0 Å². The summed E-state index contributed by atoms with van der Waals surface area (Å²) in [7, 11) is 0. The molecule has 1 aliphatic heterocycles. The SMILES string of the molecule is CCOCCCNC(=S)N1CCN(CC(C)C)CC1. The largest absolute Gasteiger partial charge is 0.382 e. The average Bonchev–Trinajstić information content (AvgIpc) is 2.38. The highest BCUT2D eigenvalue weighted by Gasteiger charge is 2.18. The molecule has 0 bridgehead atoms. The fourth-order valence-electron chi connectivity index (χ4n) is 2.28. The molecule has 0 aromatic heterocycles. The van der Waals surface area contributed by atoms with Crippen LogP contribution in [0.4, 0.5) is 0 Å². The number of rotatable bonds is 7. The normalized spacial score (nSPS) is 16.9. The molecule has 0 atom stereocenters. The monoisotopic (exact) mass is 287 g/mol. The van der Waals surface area contributed by atoms with Gasteiger partial charge in [-0.2, -0.15) is 0 Å². The van der Waals surface area contributed by atoms with Crippen LogP contribution in [0.3, 0.4) is 0 Å². The molecule has 0 unspecified atom stereocenters. The quantitative estimate of drug-likeness (QED) is 0.567. The van der Waals surface area contributed by atoms with Crippen LogP contribution in [-0.2, 0) is 4.74 Å². The molecule has 1 heterocycles. The maximum Gasteiger partial charge on any atom is 0.169 e.